The van der Waals surface area contributed by atoms with Crippen molar-refractivity contribution in [2.24, 2.45) is 0 Å². The van der Waals surface area contributed by atoms with Crippen LogP contribution in [0, 0.1) is 0 Å². The predicted octanol–water partition coefficient (Wildman–Crippen LogP) is 20.1. The fourth-order valence-corrected chi connectivity index (χ4v) is 9.59. The number of phosphoric acid groups is 1. The van der Waals surface area contributed by atoms with Crippen LogP contribution in [0.25, 0.3) is 0 Å². The van der Waals surface area contributed by atoms with Crippen LogP contribution in [0.15, 0.2) is 109 Å². The van der Waals surface area contributed by atoms with Crippen molar-refractivity contribution in [3.63, 3.8) is 0 Å². The Morgan fingerprint density at radius 1 is 0.468 bits per heavy atom. The topological polar surface area (TPSA) is 111 Å². The lowest BCUT2D eigenvalue weighted by Gasteiger charge is -2.27. The molecule has 0 aromatic carbocycles. The molecule has 79 heavy (non-hydrogen) atoms. The first-order valence-electron chi connectivity index (χ1n) is 32.2. The number of carbonyl (C=O) groups excluding carboxylic acids is 2. The summed E-state index contributed by atoms with van der Waals surface area (Å²) < 4.78 is 30.7. The largest absolute Gasteiger partial charge is 0.472 e. The van der Waals surface area contributed by atoms with Crippen molar-refractivity contribution in [3.05, 3.63) is 109 Å². The second-order valence-electron chi connectivity index (χ2n) is 22.6. The molecule has 0 rings (SSSR count). The molecule has 1 amide bonds. The Kier molecular flexibility index (Phi) is 55.4. The van der Waals surface area contributed by atoms with E-state index in [9.17, 15) is 19.0 Å². The Morgan fingerprint density at radius 2 is 0.873 bits per heavy atom. The van der Waals surface area contributed by atoms with Crippen molar-refractivity contribution >= 4 is 19.7 Å². The summed E-state index contributed by atoms with van der Waals surface area (Å²) in [6, 6.07) is -0.861. The van der Waals surface area contributed by atoms with Gasteiger partial charge >= 0.3 is 13.8 Å². The average molecular weight is 1120 g/mol. The minimum absolute atomic E-state index is 0.0327. The number of amides is 1. The van der Waals surface area contributed by atoms with Crippen molar-refractivity contribution in [1.82, 2.24) is 5.32 Å². The zero-order valence-corrected chi connectivity index (χ0v) is 52.7. The zero-order valence-electron chi connectivity index (χ0n) is 51.8. The Labute approximate surface area is 487 Å². The number of carbonyl (C=O) groups is 2. The van der Waals surface area contributed by atoms with Gasteiger partial charge in [0.15, 0.2) is 0 Å². The molecule has 0 saturated heterocycles. The number of hydrogen-bond donors (Lipinski definition) is 2. The number of esters is 1. The van der Waals surface area contributed by atoms with Crippen LogP contribution in [0.2, 0.25) is 0 Å². The number of quaternary nitrogens is 1. The summed E-state index contributed by atoms with van der Waals surface area (Å²) in [6.07, 6.45) is 79.5. The molecule has 0 aromatic rings. The molecule has 0 saturated carbocycles. The number of hydrogen-bond acceptors (Lipinski definition) is 6. The van der Waals surface area contributed by atoms with Crippen molar-refractivity contribution in [2.45, 2.75) is 277 Å². The summed E-state index contributed by atoms with van der Waals surface area (Å²) in [5, 5.41) is 3.05. The molecule has 3 atom stereocenters. The standard InChI is InChI=1S/C69H121N2O7P/c1-7-10-13-16-19-22-25-27-29-30-31-32-33-34-35-36-37-38-39-40-42-43-46-49-52-55-58-61-68(72)70-66(65-77-79(74,75)76-64-63-71(4,5)6)67(60-57-54-51-48-45-24-21-18-15-12-9-3)78-69(73)62-59-56-53-50-47-44-41-28-26-23-20-17-14-11-8-2/h10-11,13-14,17,19-20,22-23,26-27,29,31-32,34-35,57,60,66-67H,7-9,12,15-16,18,21,24-25,28,30,33,36-56,58-59,61-65H2,1-6H3,(H-,70,72,74,75)/p+1/b13-10-,14-11+,20-17+,22-19-,26-23+,29-27-,32-31-,35-34-,60-57-. The van der Waals surface area contributed by atoms with E-state index in [4.69, 9.17) is 13.8 Å². The number of ether oxygens (including phenoxy) is 1. The molecule has 0 aliphatic rings. The minimum atomic E-state index is -4.46. The highest BCUT2D eigenvalue weighted by Crippen LogP contribution is 2.43. The van der Waals surface area contributed by atoms with Gasteiger partial charge in [0.05, 0.1) is 33.8 Å². The van der Waals surface area contributed by atoms with Crippen LogP contribution in [-0.2, 0) is 27.9 Å². The highest BCUT2D eigenvalue weighted by atomic mass is 31.2. The molecule has 3 unspecified atom stereocenters. The molecule has 0 heterocycles. The SMILES string of the molecule is CC/C=C\C/C=C\C/C=C\C/C=C\C/C=C\CCCCCCCCCCCCCC(=O)NC(COP(=O)(O)OCC[N+](C)(C)C)C(/C=C\CCCCCCCCCCC)OC(=O)CCCCCCCCC/C=C/C=C/C=C/CC. The van der Waals surface area contributed by atoms with E-state index in [1.54, 1.807) is 0 Å². The van der Waals surface area contributed by atoms with E-state index in [1.165, 1.54) is 109 Å². The monoisotopic (exact) mass is 1120 g/mol. The molecule has 10 heteroatoms. The Morgan fingerprint density at radius 3 is 1.35 bits per heavy atom. The van der Waals surface area contributed by atoms with Gasteiger partial charge in [-0.15, -0.1) is 0 Å². The van der Waals surface area contributed by atoms with E-state index in [0.29, 0.717) is 17.4 Å². The summed E-state index contributed by atoms with van der Waals surface area (Å²) in [5.74, 6) is -0.527. The second-order valence-corrected chi connectivity index (χ2v) is 24.0. The van der Waals surface area contributed by atoms with E-state index in [-0.39, 0.29) is 31.5 Å². The lowest BCUT2D eigenvalue weighted by atomic mass is 10.0. The fraction of sp³-hybridized carbons (Fsp3) is 0.710. The number of unbranched alkanes of at least 4 members (excludes halogenated alkanes) is 27. The van der Waals surface area contributed by atoms with Crippen LogP contribution >= 0.6 is 7.82 Å². The summed E-state index contributed by atoms with van der Waals surface area (Å²) in [7, 11) is 1.47. The van der Waals surface area contributed by atoms with Gasteiger partial charge in [0.1, 0.15) is 19.3 Å². The maximum absolute atomic E-state index is 13.6. The Balaban J connectivity index is 5.07. The smallest absolute Gasteiger partial charge is 0.456 e. The van der Waals surface area contributed by atoms with E-state index < -0.39 is 20.0 Å². The third kappa shape index (κ3) is 59.1. The molecule has 0 aliphatic heterocycles. The number of likely N-dealkylation sites (N-methyl/N-ethyl adjacent to an activating group) is 1. The Hall–Kier alpha value is -3.33. The van der Waals surface area contributed by atoms with Crippen molar-refractivity contribution in [1.29, 1.82) is 0 Å². The molecule has 2 N–H and O–H groups in total. The quantitative estimate of drug-likeness (QED) is 0.0156. The maximum Gasteiger partial charge on any atom is 0.472 e. The minimum Gasteiger partial charge on any atom is -0.456 e. The highest BCUT2D eigenvalue weighted by molar-refractivity contribution is 7.47. The van der Waals surface area contributed by atoms with E-state index >= 15 is 0 Å². The van der Waals surface area contributed by atoms with Crippen LogP contribution in [-0.4, -0.2) is 74.3 Å². The number of phosphoric ester groups is 1. The van der Waals surface area contributed by atoms with Gasteiger partial charge < -0.3 is 19.4 Å². The molecule has 0 aromatic heterocycles. The van der Waals surface area contributed by atoms with Gasteiger partial charge in [-0.2, -0.15) is 0 Å². The van der Waals surface area contributed by atoms with Gasteiger partial charge in [-0.05, 0) is 96.0 Å². The first-order chi connectivity index (χ1) is 38.4. The zero-order chi connectivity index (χ0) is 57.9. The molecular formula is C69H122N2O7P+. The molecule has 0 bridgehead atoms. The van der Waals surface area contributed by atoms with Crippen LogP contribution in [0.5, 0.6) is 0 Å². The third-order valence-corrected chi connectivity index (χ3v) is 14.8. The fourth-order valence-electron chi connectivity index (χ4n) is 8.85. The van der Waals surface area contributed by atoms with Gasteiger partial charge in [-0.3, -0.25) is 18.6 Å². The van der Waals surface area contributed by atoms with Crippen LogP contribution in [0.3, 0.4) is 0 Å². The predicted molar refractivity (Wildman–Crippen MR) is 341 cm³/mol. The Bertz CT molecular complexity index is 1720. The number of allylic oxidation sites excluding steroid dienone is 17. The maximum atomic E-state index is 13.6. The molecule has 0 spiro atoms. The molecule has 0 radical (unpaired) electrons. The first-order valence-corrected chi connectivity index (χ1v) is 33.7. The molecule has 9 nitrogen and oxygen atoms in total. The summed E-state index contributed by atoms with van der Waals surface area (Å²) in [6.45, 7) is 6.75. The van der Waals surface area contributed by atoms with Crippen LogP contribution in [0.1, 0.15) is 265 Å². The number of nitrogens with zero attached hydrogens (tertiary/aromatic N) is 1. The second kappa shape index (κ2) is 57.9. The summed E-state index contributed by atoms with van der Waals surface area (Å²) in [4.78, 5) is 37.7. The molecule has 454 valence electrons. The lowest BCUT2D eigenvalue weighted by Crippen LogP contribution is -2.47. The molecular weight excluding hydrogens is 1000 g/mol. The van der Waals surface area contributed by atoms with Crippen LogP contribution in [0.4, 0.5) is 0 Å². The first kappa shape index (κ1) is 75.7. The summed E-state index contributed by atoms with van der Waals surface area (Å²) in [5.41, 5.74) is 0. The number of nitrogens with one attached hydrogen (secondary N) is 1. The third-order valence-electron chi connectivity index (χ3n) is 13.8. The number of rotatable bonds is 57. The van der Waals surface area contributed by atoms with Crippen LogP contribution < -0.4 is 5.32 Å². The lowest BCUT2D eigenvalue weighted by molar-refractivity contribution is -0.870. The van der Waals surface area contributed by atoms with Gasteiger partial charge in [-0.25, -0.2) is 4.57 Å². The van der Waals surface area contributed by atoms with Crippen molar-refractivity contribution in [2.75, 3.05) is 40.9 Å². The highest BCUT2D eigenvalue weighted by Gasteiger charge is 2.30. The molecule has 0 aliphatic carbocycles. The molecule has 0 fully saturated rings. The van der Waals surface area contributed by atoms with Crippen molar-refractivity contribution < 1.29 is 37.3 Å². The van der Waals surface area contributed by atoms with Gasteiger partial charge in [0, 0.05) is 12.8 Å². The van der Waals surface area contributed by atoms with E-state index in [0.717, 1.165) is 122 Å². The van der Waals surface area contributed by atoms with E-state index in [2.05, 4.69) is 123 Å². The van der Waals surface area contributed by atoms with Gasteiger partial charge in [-0.1, -0.05) is 265 Å². The van der Waals surface area contributed by atoms with Crippen molar-refractivity contribution in [3.8, 4) is 0 Å². The summed E-state index contributed by atoms with van der Waals surface area (Å²) >= 11 is 0. The van der Waals surface area contributed by atoms with Gasteiger partial charge in [0.2, 0.25) is 5.91 Å². The average Bonchev–Trinajstić information content (AvgIpc) is 3.41. The normalized spacial score (nSPS) is 14.4. The van der Waals surface area contributed by atoms with E-state index in [1.807, 2.05) is 33.3 Å². The van der Waals surface area contributed by atoms with Gasteiger partial charge in [0.25, 0.3) is 0 Å².